The molecule has 0 radical (unpaired) electrons. The first kappa shape index (κ1) is 19.5. The molecular weight excluding hydrogens is 398 g/mol. The standard InChI is InChI=1S/C24H17NO4S/c26-22(27)15-29-18-12-10-16(11-13-18)14-19(23(28)17-6-2-1-3-7-17)24-25-20-8-4-5-9-21(20)30-24/h1-14H,15H2,(H,26,27). The second kappa shape index (κ2) is 8.71. The van der Waals surface area contributed by atoms with Crippen molar-refractivity contribution in [3.05, 3.63) is 95.0 Å². The lowest BCUT2D eigenvalue weighted by Crippen LogP contribution is -2.09. The molecule has 0 spiro atoms. The maximum absolute atomic E-state index is 13.3. The van der Waals surface area contributed by atoms with E-state index in [1.54, 1.807) is 42.5 Å². The van der Waals surface area contributed by atoms with Gasteiger partial charge in [-0.3, -0.25) is 4.79 Å². The number of nitrogens with zero attached hydrogens (tertiary/aromatic N) is 1. The van der Waals surface area contributed by atoms with E-state index < -0.39 is 12.6 Å². The number of para-hydroxylation sites is 1. The fourth-order valence-electron chi connectivity index (χ4n) is 2.93. The molecule has 1 heterocycles. The van der Waals surface area contributed by atoms with Gasteiger partial charge in [0.25, 0.3) is 0 Å². The van der Waals surface area contributed by atoms with E-state index >= 15 is 0 Å². The van der Waals surface area contributed by atoms with Crippen molar-refractivity contribution in [2.24, 2.45) is 0 Å². The summed E-state index contributed by atoms with van der Waals surface area (Å²) in [5.74, 6) is -0.697. The molecule has 0 aliphatic heterocycles. The van der Waals surface area contributed by atoms with Gasteiger partial charge in [-0.05, 0) is 35.9 Å². The van der Waals surface area contributed by atoms with Gasteiger partial charge in [-0.25, -0.2) is 9.78 Å². The van der Waals surface area contributed by atoms with Crippen LogP contribution < -0.4 is 4.74 Å². The van der Waals surface area contributed by atoms with Gasteiger partial charge in [0.2, 0.25) is 0 Å². The average Bonchev–Trinajstić information content (AvgIpc) is 3.21. The normalized spacial score (nSPS) is 11.4. The number of rotatable bonds is 7. The zero-order chi connectivity index (χ0) is 20.9. The van der Waals surface area contributed by atoms with Gasteiger partial charge in [0, 0.05) is 5.56 Å². The van der Waals surface area contributed by atoms with Gasteiger partial charge in [0.15, 0.2) is 12.4 Å². The maximum Gasteiger partial charge on any atom is 0.341 e. The van der Waals surface area contributed by atoms with Crippen molar-refractivity contribution in [2.75, 3.05) is 6.61 Å². The number of fused-ring (bicyclic) bond motifs is 1. The summed E-state index contributed by atoms with van der Waals surface area (Å²) in [6.07, 6.45) is 1.80. The third kappa shape index (κ3) is 4.45. The Morgan fingerprint density at radius 2 is 1.63 bits per heavy atom. The quantitative estimate of drug-likeness (QED) is 0.332. The monoisotopic (exact) mass is 415 g/mol. The highest BCUT2D eigenvalue weighted by atomic mass is 32.1. The van der Waals surface area contributed by atoms with E-state index in [1.807, 2.05) is 42.5 Å². The van der Waals surface area contributed by atoms with Crippen molar-refractivity contribution in [1.29, 1.82) is 0 Å². The lowest BCUT2D eigenvalue weighted by Gasteiger charge is -2.06. The first-order valence-corrected chi connectivity index (χ1v) is 10.0. The molecule has 3 aromatic carbocycles. The SMILES string of the molecule is O=C(O)COc1ccc(C=C(C(=O)c2ccccc2)c2nc3ccccc3s2)cc1. The molecule has 4 rings (SSSR count). The molecule has 0 aliphatic rings. The molecule has 4 aromatic rings. The Morgan fingerprint density at radius 3 is 2.33 bits per heavy atom. The van der Waals surface area contributed by atoms with Crippen LogP contribution in [0.4, 0.5) is 0 Å². The zero-order valence-corrected chi connectivity index (χ0v) is 16.6. The molecule has 0 aliphatic carbocycles. The van der Waals surface area contributed by atoms with Crippen molar-refractivity contribution >= 4 is 45.0 Å². The van der Waals surface area contributed by atoms with Crippen LogP contribution in [0, 0.1) is 0 Å². The van der Waals surface area contributed by atoms with Crippen molar-refractivity contribution < 1.29 is 19.4 Å². The lowest BCUT2D eigenvalue weighted by molar-refractivity contribution is -0.139. The Hall–Kier alpha value is -3.77. The van der Waals surface area contributed by atoms with Crippen LogP contribution in [0.5, 0.6) is 5.75 Å². The van der Waals surface area contributed by atoms with Crippen LogP contribution in [0.25, 0.3) is 21.9 Å². The Kier molecular flexibility index (Phi) is 5.68. The number of benzene rings is 3. The topological polar surface area (TPSA) is 76.5 Å². The summed E-state index contributed by atoms with van der Waals surface area (Å²) < 4.78 is 6.18. The molecule has 1 aromatic heterocycles. The lowest BCUT2D eigenvalue weighted by atomic mass is 10.0. The summed E-state index contributed by atoms with van der Waals surface area (Å²) in [5, 5.41) is 9.38. The minimum atomic E-state index is -1.04. The molecule has 0 bridgehead atoms. The Morgan fingerprint density at radius 1 is 0.933 bits per heavy atom. The van der Waals surface area contributed by atoms with Crippen LogP contribution >= 0.6 is 11.3 Å². The number of ether oxygens (including phenoxy) is 1. The highest BCUT2D eigenvalue weighted by molar-refractivity contribution is 7.20. The summed E-state index contributed by atoms with van der Waals surface area (Å²) in [5.41, 5.74) is 2.73. The number of thiazole rings is 1. The fourth-order valence-corrected chi connectivity index (χ4v) is 3.91. The number of aliphatic carboxylic acids is 1. The largest absolute Gasteiger partial charge is 0.482 e. The van der Waals surface area contributed by atoms with E-state index in [0.717, 1.165) is 15.8 Å². The van der Waals surface area contributed by atoms with E-state index in [0.29, 0.717) is 21.9 Å². The van der Waals surface area contributed by atoms with E-state index in [9.17, 15) is 9.59 Å². The minimum Gasteiger partial charge on any atom is -0.482 e. The molecule has 1 N–H and O–H groups in total. The summed E-state index contributed by atoms with van der Waals surface area (Å²) in [6.45, 7) is -0.404. The second-order valence-corrected chi connectivity index (χ2v) is 7.52. The Labute approximate surface area is 176 Å². The number of carbonyl (C=O) groups excluding carboxylic acids is 1. The van der Waals surface area contributed by atoms with Gasteiger partial charge in [-0.1, -0.05) is 54.6 Å². The number of allylic oxidation sites excluding steroid dienone is 1. The van der Waals surface area contributed by atoms with Crippen LogP contribution in [-0.2, 0) is 4.79 Å². The molecule has 0 saturated heterocycles. The predicted molar refractivity (Wildman–Crippen MR) is 118 cm³/mol. The molecule has 0 unspecified atom stereocenters. The molecule has 0 fully saturated rings. The highest BCUT2D eigenvalue weighted by Gasteiger charge is 2.18. The van der Waals surface area contributed by atoms with E-state index in [2.05, 4.69) is 4.98 Å². The number of Topliss-reactive ketones (excluding diaryl/α,β-unsaturated/α-hetero) is 1. The van der Waals surface area contributed by atoms with Crippen LogP contribution in [-0.4, -0.2) is 28.4 Å². The molecule has 0 saturated carbocycles. The Balaban J connectivity index is 1.73. The predicted octanol–water partition coefficient (Wildman–Crippen LogP) is 5.18. The van der Waals surface area contributed by atoms with Gasteiger partial charge < -0.3 is 9.84 Å². The van der Waals surface area contributed by atoms with Gasteiger partial charge in [-0.15, -0.1) is 11.3 Å². The minimum absolute atomic E-state index is 0.110. The summed E-state index contributed by atoms with van der Waals surface area (Å²) in [4.78, 5) is 28.6. The van der Waals surface area contributed by atoms with Crippen molar-refractivity contribution in [2.45, 2.75) is 0 Å². The first-order valence-electron chi connectivity index (χ1n) is 9.22. The van der Waals surface area contributed by atoms with Crippen molar-refractivity contribution in [3.63, 3.8) is 0 Å². The second-order valence-electron chi connectivity index (χ2n) is 6.49. The third-order valence-electron chi connectivity index (χ3n) is 4.36. The van der Waals surface area contributed by atoms with Crippen LogP contribution in [0.3, 0.4) is 0 Å². The zero-order valence-electron chi connectivity index (χ0n) is 15.8. The molecule has 6 heteroatoms. The number of aromatic nitrogens is 1. The van der Waals surface area contributed by atoms with Gasteiger partial charge in [0.05, 0.1) is 15.8 Å². The number of ketones is 1. The first-order chi connectivity index (χ1) is 14.6. The molecule has 0 amide bonds. The van der Waals surface area contributed by atoms with Gasteiger partial charge >= 0.3 is 5.97 Å². The van der Waals surface area contributed by atoms with E-state index in [-0.39, 0.29) is 5.78 Å². The fraction of sp³-hybridized carbons (Fsp3) is 0.0417. The van der Waals surface area contributed by atoms with Crippen LogP contribution in [0.1, 0.15) is 20.9 Å². The number of hydrogen-bond acceptors (Lipinski definition) is 5. The number of carboxylic acid groups (broad SMARTS) is 1. The molecule has 30 heavy (non-hydrogen) atoms. The van der Waals surface area contributed by atoms with E-state index in [4.69, 9.17) is 9.84 Å². The van der Waals surface area contributed by atoms with E-state index in [1.165, 1.54) is 11.3 Å². The average molecular weight is 415 g/mol. The van der Waals surface area contributed by atoms with Gasteiger partial charge in [0.1, 0.15) is 10.8 Å². The summed E-state index contributed by atoms with van der Waals surface area (Å²) >= 11 is 1.47. The number of carboxylic acids is 1. The van der Waals surface area contributed by atoms with Crippen LogP contribution in [0.15, 0.2) is 78.9 Å². The molecule has 148 valence electrons. The van der Waals surface area contributed by atoms with Crippen molar-refractivity contribution in [3.8, 4) is 5.75 Å². The smallest absolute Gasteiger partial charge is 0.341 e. The number of hydrogen-bond donors (Lipinski definition) is 1. The highest BCUT2D eigenvalue weighted by Crippen LogP contribution is 2.31. The molecule has 5 nitrogen and oxygen atoms in total. The van der Waals surface area contributed by atoms with Gasteiger partial charge in [-0.2, -0.15) is 0 Å². The summed E-state index contributed by atoms with van der Waals surface area (Å²) in [7, 11) is 0. The molecular formula is C24H17NO4S. The molecule has 0 atom stereocenters. The van der Waals surface area contributed by atoms with Crippen molar-refractivity contribution in [1.82, 2.24) is 4.98 Å². The third-order valence-corrected chi connectivity index (χ3v) is 5.43. The van der Waals surface area contributed by atoms with Crippen LogP contribution in [0.2, 0.25) is 0 Å². The maximum atomic E-state index is 13.3. The Bertz CT molecular complexity index is 1190. The summed E-state index contributed by atoms with van der Waals surface area (Å²) in [6, 6.07) is 23.8. The number of carbonyl (C=O) groups is 2.